The van der Waals surface area contributed by atoms with Crippen LogP contribution in [0.2, 0.25) is 5.02 Å². The number of rotatable bonds is 7. The summed E-state index contributed by atoms with van der Waals surface area (Å²) in [6.45, 7) is 6.72. The Hall–Kier alpha value is -3.91. The molecule has 0 aliphatic heterocycles. The molecule has 0 radical (unpaired) electrons. The second-order valence-electron chi connectivity index (χ2n) is 7.86. The highest BCUT2D eigenvalue weighted by molar-refractivity contribution is 6.31. The van der Waals surface area contributed by atoms with Gasteiger partial charge in [0.05, 0.1) is 28.6 Å². The van der Waals surface area contributed by atoms with E-state index in [1.54, 1.807) is 35.1 Å². The fourth-order valence-corrected chi connectivity index (χ4v) is 3.70. The van der Waals surface area contributed by atoms with Gasteiger partial charge in [-0.2, -0.15) is 10.2 Å². The second kappa shape index (κ2) is 9.93. The molecule has 0 unspecified atom stereocenters. The number of hydrogen-bond acceptors (Lipinski definition) is 4. The lowest BCUT2D eigenvalue weighted by atomic mass is 10.1. The number of aryl methyl sites for hydroxylation is 2. The van der Waals surface area contributed by atoms with Gasteiger partial charge in [-0.1, -0.05) is 41.9 Å². The zero-order chi connectivity index (χ0) is 24.2. The van der Waals surface area contributed by atoms with Crippen LogP contribution in [-0.2, 0) is 13.1 Å². The van der Waals surface area contributed by atoms with Gasteiger partial charge in [0, 0.05) is 24.0 Å². The van der Waals surface area contributed by atoms with E-state index in [9.17, 15) is 9.59 Å². The van der Waals surface area contributed by atoms with Crippen molar-refractivity contribution in [1.82, 2.24) is 19.6 Å². The molecule has 8 nitrogen and oxygen atoms in total. The second-order valence-corrected chi connectivity index (χ2v) is 8.24. The molecule has 2 heterocycles. The third-order valence-electron chi connectivity index (χ3n) is 5.40. The maximum Gasteiger partial charge on any atom is 0.278 e. The lowest BCUT2D eigenvalue weighted by molar-refractivity contribution is 0.102. The van der Waals surface area contributed by atoms with Gasteiger partial charge in [-0.25, -0.2) is 0 Å². The first-order valence-corrected chi connectivity index (χ1v) is 11.3. The Labute approximate surface area is 202 Å². The normalized spacial score (nSPS) is 10.8. The lowest BCUT2D eigenvalue weighted by Gasteiger charge is -2.09. The fraction of sp³-hybridized carbons (Fsp3) is 0.200. The van der Waals surface area contributed by atoms with Crippen molar-refractivity contribution < 1.29 is 9.59 Å². The van der Waals surface area contributed by atoms with E-state index in [0.717, 1.165) is 17.0 Å². The van der Waals surface area contributed by atoms with Crippen molar-refractivity contribution in [2.45, 2.75) is 33.9 Å². The molecule has 2 N–H and O–H groups in total. The average molecular weight is 477 g/mol. The number of nitrogens with zero attached hydrogens (tertiary/aromatic N) is 4. The average Bonchev–Trinajstić information content (AvgIpc) is 3.36. The number of nitrogens with one attached hydrogen (secondary N) is 2. The van der Waals surface area contributed by atoms with Gasteiger partial charge in [0.15, 0.2) is 5.69 Å². The van der Waals surface area contributed by atoms with Crippen molar-refractivity contribution in [2.75, 3.05) is 10.6 Å². The van der Waals surface area contributed by atoms with E-state index in [1.165, 1.54) is 0 Å². The summed E-state index contributed by atoms with van der Waals surface area (Å²) in [5, 5.41) is 15.1. The number of carbonyl (C=O) groups is 2. The van der Waals surface area contributed by atoms with Gasteiger partial charge in [0.25, 0.3) is 11.8 Å². The molecule has 0 saturated carbocycles. The molecule has 0 aliphatic rings. The Morgan fingerprint density at radius 1 is 0.971 bits per heavy atom. The maximum atomic E-state index is 13.1. The molecule has 0 atom stereocenters. The van der Waals surface area contributed by atoms with Crippen LogP contribution in [0.25, 0.3) is 0 Å². The predicted octanol–water partition coefficient (Wildman–Crippen LogP) is 4.92. The molecule has 0 saturated heterocycles. The van der Waals surface area contributed by atoms with E-state index >= 15 is 0 Å². The topological polar surface area (TPSA) is 93.8 Å². The number of aromatic nitrogens is 4. The van der Waals surface area contributed by atoms with E-state index in [1.807, 2.05) is 55.8 Å². The van der Waals surface area contributed by atoms with Gasteiger partial charge in [0.1, 0.15) is 0 Å². The quantitative estimate of drug-likeness (QED) is 0.395. The van der Waals surface area contributed by atoms with Gasteiger partial charge >= 0.3 is 0 Å². The molecule has 0 bridgehead atoms. The molecule has 4 rings (SSSR count). The third kappa shape index (κ3) is 5.02. The Morgan fingerprint density at radius 3 is 2.41 bits per heavy atom. The van der Waals surface area contributed by atoms with Crippen molar-refractivity contribution in [1.29, 1.82) is 0 Å². The van der Waals surface area contributed by atoms with Gasteiger partial charge < -0.3 is 10.6 Å². The molecule has 9 heteroatoms. The molecule has 0 spiro atoms. The van der Waals surface area contributed by atoms with Crippen molar-refractivity contribution in [3.63, 3.8) is 0 Å². The summed E-state index contributed by atoms with van der Waals surface area (Å²) >= 11 is 6.25. The van der Waals surface area contributed by atoms with Crippen LogP contribution in [0.4, 0.5) is 11.4 Å². The minimum atomic E-state index is -0.399. The SMILES string of the molecule is CCn1cc(NC(=O)c2cccc(Cn3nc(C)c(Cl)c3C)c2)c(C(=O)Nc2ccccc2)n1. The lowest BCUT2D eigenvalue weighted by Crippen LogP contribution is -2.18. The zero-order valence-electron chi connectivity index (χ0n) is 19.2. The summed E-state index contributed by atoms with van der Waals surface area (Å²) in [5.74, 6) is -0.735. The van der Waals surface area contributed by atoms with Crippen molar-refractivity contribution >= 4 is 34.8 Å². The first-order chi connectivity index (χ1) is 16.4. The highest BCUT2D eigenvalue weighted by Gasteiger charge is 2.20. The first-order valence-electron chi connectivity index (χ1n) is 10.9. The number of benzene rings is 2. The van der Waals surface area contributed by atoms with Gasteiger partial charge in [0.2, 0.25) is 0 Å². The van der Waals surface area contributed by atoms with E-state index < -0.39 is 5.91 Å². The summed E-state index contributed by atoms with van der Waals surface area (Å²) in [7, 11) is 0. The van der Waals surface area contributed by atoms with E-state index in [0.29, 0.717) is 35.1 Å². The summed E-state index contributed by atoms with van der Waals surface area (Å²) in [6.07, 6.45) is 1.65. The minimum Gasteiger partial charge on any atom is -0.321 e. The van der Waals surface area contributed by atoms with E-state index in [-0.39, 0.29) is 11.6 Å². The van der Waals surface area contributed by atoms with Crippen molar-refractivity contribution in [3.05, 3.63) is 94.0 Å². The molecule has 34 heavy (non-hydrogen) atoms. The number of anilines is 2. The van der Waals surface area contributed by atoms with Crippen LogP contribution in [0.3, 0.4) is 0 Å². The Bertz CT molecular complexity index is 1340. The molecule has 2 amide bonds. The van der Waals surface area contributed by atoms with Crippen LogP contribution in [-0.4, -0.2) is 31.4 Å². The molecule has 0 fully saturated rings. The van der Waals surface area contributed by atoms with Crippen LogP contribution in [0.15, 0.2) is 60.8 Å². The molecule has 4 aromatic rings. The zero-order valence-corrected chi connectivity index (χ0v) is 19.9. The molecular formula is C25H25ClN6O2. The monoisotopic (exact) mass is 476 g/mol. The summed E-state index contributed by atoms with van der Waals surface area (Å²) in [4.78, 5) is 25.9. The van der Waals surface area contributed by atoms with E-state index in [4.69, 9.17) is 11.6 Å². The van der Waals surface area contributed by atoms with Crippen LogP contribution in [0.1, 0.15) is 44.7 Å². The molecule has 2 aromatic carbocycles. The third-order valence-corrected chi connectivity index (χ3v) is 5.94. The van der Waals surface area contributed by atoms with Crippen molar-refractivity contribution in [3.8, 4) is 0 Å². The number of hydrogen-bond donors (Lipinski definition) is 2. The van der Waals surface area contributed by atoms with Crippen LogP contribution < -0.4 is 10.6 Å². The van der Waals surface area contributed by atoms with Gasteiger partial charge in [-0.15, -0.1) is 0 Å². The highest BCUT2D eigenvalue weighted by atomic mass is 35.5. The molecule has 2 aromatic heterocycles. The number of para-hydroxylation sites is 1. The fourth-order valence-electron chi connectivity index (χ4n) is 3.56. The summed E-state index contributed by atoms with van der Waals surface area (Å²) in [5.41, 5.74) is 4.14. The predicted molar refractivity (Wildman–Crippen MR) is 133 cm³/mol. The number of amides is 2. The van der Waals surface area contributed by atoms with Crippen LogP contribution >= 0.6 is 11.6 Å². The summed E-state index contributed by atoms with van der Waals surface area (Å²) < 4.78 is 3.42. The van der Waals surface area contributed by atoms with Gasteiger partial charge in [-0.3, -0.25) is 19.0 Å². The largest absolute Gasteiger partial charge is 0.321 e. The Balaban J connectivity index is 1.53. The minimum absolute atomic E-state index is 0.146. The first kappa shape index (κ1) is 23.3. The highest BCUT2D eigenvalue weighted by Crippen LogP contribution is 2.21. The smallest absolute Gasteiger partial charge is 0.278 e. The Morgan fingerprint density at radius 2 is 1.74 bits per heavy atom. The molecule has 0 aliphatic carbocycles. The number of carbonyl (C=O) groups excluding carboxylic acids is 2. The van der Waals surface area contributed by atoms with Crippen molar-refractivity contribution in [2.24, 2.45) is 0 Å². The Kier molecular flexibility index (Phi) is 6.79. The standard InChI is InChI=1S/C25H25ClN6O2/c1-4-31-15-21(23(30-31)25(34)27-20-11-6-5-7-12-20)28-24(33)19-10-8-9-18(13-19)14-32-17(3)22(26)16(2)29-32/h5-13,15H,4,14H2,1-3H3,(H,27,34)(H,28,33). The van der Waals surface area contributed by atoms with Crippen LogP contribution in [0.5, 0.6) is 0 Å². The maximum absolute atomic E-state index is 13.1. The van der Waals surface area contributed by atoms with Gasteiger partial charge in [-0.05, 0) is 50.6 Å². The van der Waals surface area contributed by atoms with Crippen LogP contribution in [0, 0.1) is 13.8 Å². The molecule has 174 valence electrons. The summed E-state index contributed by atoms with van der Waals surface area (Å²) in [6, 6.07) is 16.4. The van der Waals surface area contributed by atoms with E-state index in [2.05, 4.69) is 20.8 Å². The molecular weight excluding hydrogens is 452 g/mol. The number of halogens is 1.